The molecule has 0 atom stereocenters. The van der Waals surface area contributed by atoms with E-state index in [-0.39, 0.29) is 0 Å². The highest BCUT2D eigenvalue weighted by molar-refractivity contribution is 4.43. The predicted octanol–water partition coefficient (Wildman–Crippen LogP) is 0.387. The number of hydrogen-bond acceptors (Lipinski definition) is 3. The molecule has 0 spiro atoms. The molecule has 0 bridgehead atoms. The number of hydrogen-bond donors (Lipinski definition) is 1. The van der Waals surface area contributed by atoms with Crippen molar-refractivity contribution < 1.29 is 4.84 Å². The van der Waals surface area contributed by atoms with Crippen LogP contribution in [0.3, 0.4) is 0 Å². The third-order valence-corrected chi connectivity index (χ3v) is 0.169. The third-order valence-electron chi connectivity index (χ3n) is 0.169. The van der Waals surface area contributed by atoms with Crippen LogP contribution in [0.5, 0.6) is 0 Å². The Kier molecular flexibility index (Phi) is 3.24. The molecule has 0 aliphatic heterocycles. The van der Waals surface area contributed by atoms with Gasteiger partial charge >= 0.3 is 0 Å². The first-order valence-corrected chi connectivity index (χ1v) is 1.28. The van der Waals surface area contributed by atoms with Crippen LogP contribution in [0.15, 0.2) is 23.3 Å². The molecule has 2 N–H and O–H groups in total. The summed E-state index contributed by atoms with van der Waals surface area (Å²) in [5, 5.41) is 5.63. The average molecular weight is 87.1 g/mol. The Hall–Kier alpha value is -1.06. The maximum Gasteiger partial charge on any atom is 0.116 e. The first kappa shape index (κ1) is 4.94. The van der Waals surface area contributed by atoms with Crippen LogP contribution < -0.4 is 5.84 Å². The molecule has 0 radical (unpaired) electrons. The van der Waals surface area contributed by atoms with E-state index >= 15 is 0 Å². The van der Waals surface area contributed by atoms with Gasteiger partial charge in [0.2, 0.25) is 0 Å². The Bertz CT molecular complexity index is 59.8. The summed E-state index contributed by atoms with van der Waals surface area (Å²) in [6.07, 6.45) is 1.12. The quantitative estimate of drug-likeness (QED) is 0.229. The summed E-state index contributed by atoms with van der Waals surface area (Å²) >= 11 is 0. The van der Waals surface area contributed by atoms with E-state index in [4.69, 9.17) is 0 Å². The molecule has 0 aromatic heterocycles. The smallest absolute Gasteiger partial charge is 0.116 e. The van der Waals surface area contributed by atoms with E-state index in [0.717, 1.165) is 6.26 Å². The van der Waals surface area contributed by atoms with Crippen LogP contribution in [-0.4, -0.2) is 0 Å². The molecule has 4 heteroatoms. The standard InChI is InChI=1S/C2H5N3O/c1-2-6-5-4-3/h2H,1H2,(H2,3,5). The highest BCUT2D eigenvalue weighted by Gasteiger charge is 1.54. The number of rotatable bonds is 2. The van der Waals surface area contributed by atoms with Gasteiger partial charge in [-0.2, -0.15) is 0 Å². The van der Waals surface area contributed by atoms with Crippen molar-refractivity contribution in [2.24, 2.45) is 16.3 Å². The molecule has 0 aromatic carbocycles. The lowest BCUT2D eigenvalue weighted by Gasteiger charge is -1.75. The van der Waals surface area contributed by atoms with E-state index in [1.54, 1.807) is 0 Å². The molecule has 0 saturated carbocycles. The van der Waals surface area contributed by atoms with Crippen LogP contribution in [0, 0.1) is 0 Å². The van der Waals surface area contributed by atoms with Gasteiger partial charge in [-0.05, 0) is 5.22 Å². The van der Waals surface area contributed by atoms with Gasteiger partial charge in [-0.15, -0.1) is 0 Å². The molecule has 0 rings (SSSR count). The molecule has 0 aliphatic rings. The van der Waals surface area contributed by atoms with Gasteiger partial charge in [0.05, 0.1) is 5.28 Å². The zero-order valence-corrected chi connectivity index (χ0v) is 3.16. The molecule has 4 nitrogen and oxygen atoms in total. The summed E-state index contributed by atoms with van der Waals surface area (Å²) < 4.78 is 0. The van der Waals surface area contributed by atoms with Crippen LogP contribution in [-0.2, 0) is 4.84 Å². The van der Waals surface area contributed by atoms with Crippen LogP contribution >= 0.6 is 0 Å². The van der Waals surface area contributed by atoms with Gasteiger partial charge < -0.3 is 10.7 Å². The second-order valence-electron chi connectivity index (χ2n) is 0.469. The van der Waals surface area contributed by atoms with Crippen LogP contribution in [0.2, 0.25) is 0 Å². The fraction of sp³-hybridized carbons (Fsp3) is 0. The summed E-state index contributed by atoms with van der Waals surface area (Å²) in [5.74, 6) is 4.50. The Morgan fingerprint density at radius 2 is 2.50 bits per heavy atom. The SMILES string of the molecule is C=CO/N=N\N. The minimum atomic E-state index is 1.12. The zero-order valence-electron chi connectivity index (χ0n) is 3.16. The van der Waals surface area contributed by atoms with Gasteiger partial charge in [0.15, 0.2) is 0 Å². The summed E-state index contributed by atoms with van der Waals surface area (Å²) in [7, 11) is 0. The molecule has 0 saturated heterocycles. The molecule has 6 heavy (non-hydrogen) atoms. The molecule has 0 aromatic rings. The molecule has 0 unspecified atom stereocenters. The van der Waals surface area contributed by atoms with Gasteiger partial charge in [0.1, 0.15) is 6.26 Å². The highest BCUT2D eigenvalue weighted by Crippen LogP contribution is 1.69. The van der Waals surface area contributed by atoms with E-state index in [1.165, 1.54) is 0 Å². The zero-order chi connectivity index (χ0) is 4.83. The monoisotopic (exact) mass is 87.0 g/mol. The molecule has 0 heterocycles. The van der Waals surface area contributed by atoms with E-state index in [9.17, 15) is 0 Å². The Morgan fingerprint density at radius 3 is 2.67 bits per heavy atom. The van der Waals surface area contributed by atoms with Gasteiger partial charge in [-0.25, -0.2) is 0 Å². The minimum absolute atomic E-state index is 1.12. The van der Waals surface area contributed by atoms with Crippen molar-refractivity contribution in [3.8, 4) is 0 Å². The topological polar surface area (TPSA) is 60.0 Å². The molecule has 0 amide bonds. The lowest BCUT2D eigenvalue weighted by atomic mass is 11.2. The van der Waals surface area contributed by atoms with Crippen LogP contribution in [0.4, 0.5) is 0 Å². The lowest BCUT2D eigenvalue weighted by Crippen LogP contribution is -1.73. The van der Waals surface area contributed by atoms with Crippen molar-refractivity contribution in [2.75, 3.05) is 0 Å². The van der Waals surface area contributed by atoms with Crippen molar-refractivity contribution in [1.82, 2.24) is 0 Å². The van der Waals surface area contributed by atoms with Crippen molar-refractivity contribution >= 4 is 0 Å². The summed E-state index contributed by atoms with van der Waals surface area (Å²) in [6.45, 7) is 3.17. The van der Waals surface area contributed by atoms with Gasteiger partial charge in [0, 0.05) is 0 Å². The third kappa shape index (κ3) is 2.94. The summed E-state index contributed by atoms with van der Waals surface area (Å²) in [4.78, 5) is 4.08. The fourth-order valence-electron chi connectivity index (χ4n) is 0.0605. The summed E-state index contributed by atoms with van der Waals surface area (Å²) in [5.41, 5.74) is 0. The van der Waals surface area contributed by atoms with Crippen LogP contribution in [0.1, 0.15) is 0 Å². The average Bonchev–Trinajstić information content (AvgIpc) is 1.61. The van der Waals surface area contributed by atoms with Gasteiger partial charge in [-0.1, -0.05) is 6.58 Å². The van der Waals surface area contributed by atoms with Crippen molar-refractivity contribution in [2.45, 2.75) is 0 Å². The van der Waals surface area contributed by atoms with E-state index in [0.29, 0.717) is 0 Å². The Morgan fingerprint density at radius 1 is 1.83 bits per heavy atom. The molecular formula is C2H5N3O. The summed E-state index contributed by atoms with van der Waals surface area (Å²) in [6, 6.07) is 0. The van der Waals surface area contributed by atoms with Crippen molar-refractivity contribution in [1.29, 1.82) is 0 Å². The second kappa shape index (κ2) is 3.94. The van der Waals surface area contributed by atoms with Gasteiger partial charge in [0.25, 0.3) is 0 Å². The first-order valence-electron chi connectivity index (χ1n) is 1.28. The van der Waals surface area contributed by atoms with Gasteiger partial charge in [-0.3, -0.25) is 0 Å². The number of nitrogens with two attached hydrogens (primary N) is 1. The van der Waals surface area contributed by atoms with Crippen LogP contribution in [0.25, 0.3) is 0 Å². The largest absolute Gasteiger partial charge is 0.347 e. The fourth-order valence-corrected chi connectivity index (χ4v) is 0.0605. The minimum Gasteiger partial charge on any atom is -0.347 e. The lowest BCUT2D eigenvalue weighted by molar-refractivity contribution is 0.238. The molecule has 0 aliphatic carbocycles. The molecule has 0 fully saturated rings. The second-order valence-corrected chi connectivity index (χ2v) is 0.469. The Balaban J connectivity index is 2.85. The van der Waals surface area contributed by atoms with E-state index in [1.807, 2.05) is 0 Å². The maximum atomic E-state index is 4.50. The normalized spacial score (nSPS) is 8.67. The molecular weight excluding hydrogens is 82.0 g/mol. The van der Waals surface area contributed by atoms with E-state index < -0.39 is 0 Å². The van der Waals surface area contributed by atoms with E-state index in [2.05, 4.69) is 27.8 Å². The Labute approximate surface area is 35.2 Å². The first-order chi connectivity index (χ1) is 2.91. The van der Waals surface area contributed by atoms with Crippen molar-refractivity contribution in [3.63, 3.8) is 0 Å². The van der Waals surface area contributed by atoms with Crippen molar-refractivity contribution in [3.05, 3.63) is 12.8 Å². The predicted molar refractivity (Wildman–Crippen MR) is 20.3 cm³/mol. The highest BCUT2D eigenvalue weighted by atomic mass is 16.6. The maximum absolute atomic E-state index is 4.50. The molecule has 34 valence electrons. The number of nitrogens with zero attached hydrogens (tertiary/aromatic N) is 2.